The van der Waals surface area contributed by atoms with E-state index in [1.165, 1.54) is 5.56 Å². The number of aromatic nitrogens is 2. The number of benzene rings is 2. The van der Waals surface area contributed by atoms with E-state index in [1.54, 1.807) is 12.1 Å². The van der Waals surface area contributed by atoms with Crippen LogP contribution < -0.4 is 51.4 Å². The topological polar surface area (TPSA) is 41.6 Å². The zero-order valence-electron chi connectivity index (χ0n) is 12.4. The van der Waals surface area contributed by atoms with E-state index in [4.69, 9.17) is 5.26 Å². The minimum atomic E-state index is 0. The van der Waals surface area contributed by atoms with E-state index >= 15 is 0 Å². The molecule has 100 valence electrons. The number of hydrogen-bond donors (Lipinski definition) is 0. The number of hydrogen-bond acceptors (Lipinski definition) is 2. The molecular formula is C17H15KN3-. The molecule has 0 aliphatic rings. The quantitative estimate of drug-likeness (QED) is 0.517. The Kier molecular flexibility index (Phi) is 6.79. The van der Waals surface area contributed by atoms with E-state index in [0.29, 0.717) is 5.56 Å². The van der Waals surface area contributed by atoms with E-state index in [2.05, 4.69) is 36.3 Å². The minimum absolute atomic E-state index is 0. The van der Waals surface area contributed by atoms with E-state index in [1.807, 2.05) is 23.0 Å². The first-order valence-electron chi connectivity index (χ1n) is 6.08. The second-order valence-corrected chi connectivity index (χ2v) is 4.38. The monoisotopic (exact) mass is 300 g/mol. The van der Waals surface area contributed by atoms with Crippen molar-refractivity contribution in [1.29, 1.82) is 5.26 Å². The second-order valence-electron chi connectivity index (χ2n) is 4.38. The fourth-order valence-corrected chi connectivity index (χ4v) is 2.04. The van der Waals surface area contributed by atoms with Gasteiger partial charge in [0.15, 0.2) is 0 Å². The zero-order valence-corrected chi connectivity index (χ0v) is 15.5. The van der Waals surface area contributed by atoms with Crippen LogP contribution in [0.15, 0.2) is 48.7 Å². The third-order valence-corrected chi connectivity index (χ3v) is 3.12. The maximum Gasteiger partial charge on any atom is 1.00 e. The first-order chi connectivity index (χ1) is 9.30. The molecule has 1 heterocycles. The molecule has 0 unspecified atom stereocenters. The van der Waals surface area contributed by atoms with Gasteiger partial charge in [-0.3, -0.25) is 0 Å². The Morgan fingerprint density at radius 3 is 2.48 bits per heavy atom. The van der Waals surface area contributed by atoms with E-state index in [-0.39, 0.29) is 58.8 Å². The van der Waals surface area contributed by atoms with Gasteiger partial charge in [0.1, 0.15) is 0 Å². The normalized spacial score (nSPS) is 9.52. The van der Waals surface area contributed by atoms with Gasteiger partial charge in [-0.05, 0) is 30.3 Å². The molecule has 1 aromatic heterocycles. The Morgan fingerprint density at radius 1 is 1.14 bits per heavy atom. The Hall–Kier alpha value is -0.964. The molecule has 0 aliphatic heterocycles. The molecule has 2 aromatic carbocycles. The van der Waals surface area contributed by atoms with Crippen LogP contribution in [0.2, 0.25) is 0 Å². The fraction of sp³-hybridized carbons (Fsp3) is 0.0588. The molecule has 0 saturated heterocycles. The first kappa shape index (κ1) is 18.1. The molecule has 3 aromatic rings. The van der Waals surface area contributed by atoms with Crippen molar-refractivity contribution in [2.24, 2.45) is 0 Å². The van der Waals surface area contributed by atoms with Crippen molar-refractivity contribution in [2.75, 3.05) is 0 Å². The Bertz CT molecular complexity index is 767. The molecule has 0 aliphatic carbocycles. The van der Waals surface area contributed by atoms with Crippen LogP contribution in [0, 0.1) is 25.7 Å². The molecule has 0 saturated carbocycles. The largest absolute Gasteiger partial charge is 1.00 e. The maximum atomic E-state index is 8.79. The van der Waals surface area contributed by atoms with Crippen LogP contribution in [-0.2, 0) is 6.42 Å². The Morgan fingerprint density at radius 2 is 1.86 bits per heavy atom. The summed E-state index contributed by atoms with van der Waals surface area (Å²) in [6, 6.07) is 15.7. The van der Waals surface area contributed by atoms with E-state index in [9.17, 15) is 0 Å². The zero-order chi connectivity index (χ0) is 13.2. The van der Waals surface area contributed by atoms with Crippen molar-refractivity contribution in [1.82, 2.24) is 9.78 Å². The smallest absolute Gasteiger partial charge is 0.358 e. The van der Waals surface area contributed by atoms with Crippen molar-refractivity contribution in [2.45, 2.75) is 6.42 Å². The van der Waals surface area contributed by atoms with Crippen molar-refractivity contribution in [3.05, 3.63) is 74.1 Å². The van der Waals surface area contributed by atoms with Gasteiger partial charge < -0.3 is 14.4 Å². The molecular weight excluding hydrogens is 285 g/mol. The fourth-order valence-electron chi connectivity index (χ4n) is 2.04. The number of rotatable bonds is 2. The van der Waals surface area contributed by atoms with Gasteiger partial charge in [-0.15, -0.1) is 0 Å². The average molecular weight is 300 g/mol. The van der Waals surface area contributed by atoms with Crippen LogP contribution >= 0.6 is 0 Å². The summed E-state index contributed by atoms with van der Waals surface area (Å²) in [6.07, 6.45) is 2.75. The van der Waals surface area contributed by atoms with E-state index in [0.717, 1.165) is 23.0 Å². The molecule has 0 atom stereocenters. The Labute approximate surface area is 168 Å². The van der Waals surface area contributed by atoms with Crippen molar-refractivity contribution >= 4 is 10.9 Å². The van der Waals surface area contributed by atoms with Crippen LogP contribution in [0.1, 0.15) is 11.1 Å². The molecule has 0 radical (unpaired) electrons. The van der Waals surface area contributed by atoms with Gasteiger partial charge in [0.05, 0.1) is 22.8 Å². The molecule has 0 bridgehead atoms. The molecule has 0 fully saturated rings. The van der Waals surface area contributed by atoms with Crippen LogP contribution in [0.3, 0.4) is 0 Å². The predicted octanol–water partition coefficient (Wildman–Crippen LogP) is 0.728. The summed E-state index contributed by atoms with van der Waals surface area (Å²) in [4.78, 5) is 0. The number of fused-ring (bicyclic) bond motifs is 1. The molecule has 3 nitrogen and oxygen atoms in total. The van der Waals surface area contributed by atoms with Gasteiger partial charge in [-0.2, -0.15) is 16.8 Å². The summed E-state index contributed by atoms with van der Waals surface area (Å²) in [6.45, 7) is 3.88. The first-order valence-corrected chi connectivity index (χ1v) is 6.08. The molecule has 0 amide bonds. The summed E-state index contributed by atoms with van der Waals surface area (Å²) >= 11 is 0. The predicted molar refractivity (Wildman–Crippen MR) is 81.3 cm³/mol. The summed E-state index contributed by atoms with van der Waals surface area (Å²) in [5.74, 6) is 0. The molecule has 21 heavy (non-hydrogen) atoms. The van der Waals surface area contributed by atoms with Crippen LogP contribution in [0.5, 0.6) is 0 Å². The maximum absolute atomic E-state index is 8.79. The van der Waals surface area contributed by atoms with Gasteiger partial charge in [-0.25, -0.2) is 4.68 Å². The molecule has 0 N–H and O–H groups in total. The number of nitrogens with zero attached hydrogens (tertiary/aromatic N) is 3. The third-order valence-electron chi connectivity index (χ3n) is 3.12. The SMILES string of the molecule is [CH2-]Cc1ccc2cn(-c3ccc(C#N)cc3)nc2c1.[CH3-].[K+]. The standard InChI is InChI=1S/C16H12N3.CH3.K/c1-2-12-3-6-14-11-19(18-16(14)9-12)15-7-4-13(10-17)5-8-15;;/h3-9,11H,1-2H2;1H3;/q2*-1;+1. The summed E-state index contributed by atoms with van der Waals surface area (Å²) in [7, 11) is 0. The van der Waals surface area contributed by atoms with Gasteiger partial charge in [0.25, 0.3) is 0 Å². The van der Waals surface area contributed by atoms with Crippen LogP contribution in [0.4, 0.5) is 0 Å². The number of nitriles is 1. The van der Waals surface area contributed by atoms with Crippen LogP contribution in [0.25, 0.3) is 16.6 Å². The molecule has 4 heteroatoms. The summed E-state index contributed by atoms with van der Waals surface area (Å²) in [5.41, 5.74) is 3.74. The summed E-state index contributed by atoms with van der Waals surface area (Å²) in [5, 5.41) is 14.4. The minimum Gasteiger partial charge on any atom is -0.358 e. The van der Waals surface area contributed by atoms with Crippen molar-refractivity contribution in [3.8, 4) is 11.8 Å². The van der Waals surface area contributed by atoms with Gasteiger partial charge >= 0.3 is 51.4 Å². The summed E-state index contributed by atoms with van der Waals surface area (Å²) < 4.78 is 1.83. The van der Waals surface area contributed by atoms with Crippen LogP contribution in [-0.4, -0.2) is 9.78 Å². The van der Waals surface area contributed by atoms with E-state index < -0.39 is 0 Å². The van der Waals surface area contributed by atoms with Gasteiger partial charge in [0.2, 0.25) is 0 Å². The van der Waals surface area contributed by atoms with Crippen molar-refractivity contribution < 1.29 is 51.4 Å². The Balaban J connectivity index is 0.00000110. The van der Waals surface area contributed by atoms with Gasteiger partial charge in [0, 0.05) is 11.6 Å². The van der Waals surface area contributed by atoms with Crippen molar-refractivity contribution in [3.63, 3.8) is 0 Å². The second kappa shape index (κ2) is 7.88. The third kappa shape index (κ3) is 3.82. The molecule has 3 rings (SSSR count). The van der Waals surface area contributed by atoms with Gasteiger partial charge in [-0.1, -0.05) is 17.7 Å². The average Bonchev–Trinajstić information content (AvgIpc) is 2.90. The molecule has 0 spiro atoms.